The summed E-state index contributed by atoms with van der Waals surface area (Å²) in [5, 5.41) is 1.01. The Balaban J connectivity index is 1.50. The van der Waals surface area contributed by atoms with E-state index in [-0.39, 0.29) is 0 Å². The number of para-hydroxylation sites is 4. The number of aryl methyl sites for hydroxylation is 1. The van der Waals surface area contributed by atoms with Gasteiger partial charge in [0.15, 0.2) is 0 Å². The monoisotopic (exact) mass is 493 g/mol. The second kappa shape index (κ2) is 8.84. The molecule has 7 aromatic rings. The van der Waals surface area contributed by atoms with Crippen LogP contribution in [-0.2, 0) is 0 Å². The van der Waals surface area contributed by atoms with Crippen molar-refractivity contribution in [1.29, 1.82) is 0 Å². The molecule has 0 atom stereocenters. The molecule has 3 nitrogen and oxygen atoms in total. The van der Waals surface area contributed by atoms with E-state index < -0.39 is 0 Å². The molecule has 0 fully saturated rings. The van der Waals surface area contributed by atoms with Gasteiger partial charge in [0.2, 0.25) is 0 Å². The van der Waals surface area contributed by atoms with Gasteiger partial charge in [-0.15, -0.1) is 11.3 Å². The molecular formula is C33H23N3S. The molecule has 0 aliphatic rings. The third-order valence-electron chi connectivity index (χ3n) is 6.69. The van der Waals surface area contributed by atoms with Gasteiger partial charge in [0.05, 0.1) is 21.3 Å². The number of nitrogens with zero attached hydrogens (tertiary/aromatic N) is 3. The minimum absolute atomic E-state index is 0.920. The molecule has 176 valence electrons. The number of hydrogen-bond donors (Lipinski definition) is 0. The topological polar surface area (TPSA) is 30.7 Å². The number of aromatic nitrogens is 3. The highest BCUT2D eigenvalue weighted by Crippen LogP contribution is 2.37. The SMILES string of the molecule is Cc1ccc(-c2cc(-c3nc4ccccc4s3)cc(-c3nc4ccccc4n3-c3ccccc3)c2)cc1. The molecule has 0 spiro atoms. The average molecular weight is 494 g/mol. The molecule has 5 aromatic carbocycles. The molecule has 7 rings (SSSR count). The van der Waals surface area contributed by atoms with Crippen molar-refractivity contribution in [2.24, 2.45) is 0 Å². The smallest absolute Gasteiger partial charge is 0.145 e. The van der Waals surface area contributed by atoms with Gasteiger partial charge in [-0.3, -0.25) is 4.57 Å². The molecule has 0 radical (unpaired) electrons. The fourth-order valence-corrected chi connectivity index (χ4v) is 5.80. The highest BCUT2D eigenvalue weighted by Gasteiger charge is 2.17. The summed E-state index contributed by atoms with van der Waals surface area (Å²) >= 11 is 1.73. The van der Waals surface area contributed by atoms with E-state index in [4.69, 9.17) is 9.97 Å². The number of hydrogen-bond acceptors (Lipinski definition) is 3. The number of benzene rings is 5. The molecule has 2 heterocycles. The van der Waals surface area contributed by atoms with E-state index in [1.807, 2.05) is 18.2 Å². The number of fused-ring (bicyclic) bond motifs is 2. The summed E-state index contributed by atoms with van der Waals surface area (Å²) in [7, 11) is 0. The van der Waals surface area contributed by atoms with Gasteiger partial charge in [0.25, 0.3) is 0 Å². The standard InChI is InChI=1S/C33H23N3S/c1-22-15-17-23(18-16-22)24-19-25(21-26(20-24)33-35-29-12-6-8-14-31(29)37-33)32-34-28-11-5-7-13-30(28)36(32)27-9-3-2-4-10-27/h2-21H,1H3. The summed E-state index contributed by atoms with van der Waals surface area (Å²) < 4.78 is 3.45. The van der Waals surface area contributed by atoms with Crippen LogP contribution in [-0.4, -0.2) is 14.5 Å². The molecule has 4 heteroatoms. The first-order chi connectivity index (χ1) is 18.2. The second-order valence-corrected chi connectivity index (χ2v) is 10.3. The van der Waals surface area contributed by atoms with Crippen LogP contribution in [0.2, 0.25) is 0 Å². The molecule has 0 saturated heterocycles. The molecule has 37 heavy (non-hydrogen) atoms. The van der Waals surface area contributed by atoms with Crippen LogP contribution in [0.25, 0.3) is 60.0 Å². The molecule has 2 aromatic heterocycles. The van der Waals surface area contributed by atoms with Gasteiger partial charge in [-0.25, -0.2) is 9.97 Å². The molecule has 0 amide bonds. The summed E-state index contributed by atoms with van der Waals surface area (Å²) in [6, 6.07) is 42.6. The van der Waals surface area contributed by atoms with Crippen molar-refractivity contribution in [2.45, 2.75) is 6.92 Å². The van der Waals surface area contributed by atoms with Gasteiger partial charge in [0.1, 0.15) is 10.8 Å². The van der Waals surface area contributed by atoms with E-state index >= 15 is 0 Å². The number of rotatable bonds is 4. The van der Waals surface area contributed by atoms with Crippen molar-refractivity contribution in [3.63, 3.8) is 0 Å². The van der Waals surface area contributed by atoms with Gasteiger partial charge in [-0.2, -0.15) is 0 Å². The highest BCUT2D eigenvalue weighted by atomic mass is 32.1. The predicted molar refractivity (Wildman–Crippen MR) is 155 cm³/mol. The van der Waals surface area contributed by atoms with Crippen LogP contribution in [0.5, 0.6) is 0 Å². The largest absolute Gasteiger partial charge is 0.292 e. The maximum absolute atomic E-state index is 5.13. The lowest BCUT2D eigenvalue weighted by atomic mass is 9.98. The van der Waals surface area contributed by atoms with Crippen molar-refractivity contribution in [3.05, 3.63) is 127 Å². The molecule has 0 aliphatic carbocycles. The summed E-state index contributed by atoms with van der Waals surface area (Å²) in [5.41, 5.74) is 9.92. The van der Waals surface area contributed by atoms with E-state index in [1.165, 1.54) is 15.8 Å². The normalized spacial score (nSPS) is 11.4. The molecule has 0 bridgehead atoms. The van der Waals surface area contributed by atoms with Crippen LogP contribution in [0.15, 0.2) is 121 Å². The Hall–Kier alpha value is -4.54. The minimum atomic E-state index is 0.920. The third-order valence-corrected chi connectivity index (χ3v) is 7.78. The van der Waals surface area contributed by atoms with E-state index in [1.54, 1.807) is 11.3 Å². The molecule has 0 unspecified atom stereocenters. The average Bonchev–Trinajstić information content (AvgIpc) is 3.56. The Labute approximate surface area is 219 Å². The van der Waals surface area contributed by atoms with Crippen LogP contribution >= 0.6 is 11.3 Å². The van der Waals surface area contributed by atoms with Crippen LogP contribution in [0.3, 0.4) is 0 Å². The lowest BCUT2D eigenvalue weighted by Gasteiger charge is -2.12. The number of thiazole rings is 1. The van der Waals surface area contributed by atoms with Crippen molar-refractivity contribution >= 4 is 32.6 Å². The van der Waals surface area contributed by atoms with Crippen LogP contribution < -0.4 is 0 Å². The zero-order valence-corrected chi connectivity index (χ0v) is 21.1. The number of imidazole rings is 1. The molecular weight excluding hydrogens is 470 g/mol. The first kappa shape index (κ1) is 21.7. The first-order valence-corrected chi connectivity index (χ1v) is 13.2. The highest BCUT2D eigenvalue weighted by molar-refractivity contribution is 7.21. The molecule has 0 saturated carbocycles. The van der Waals surface area contributed by atoms with Gasteiger partial charge >= 0.3 is 0 Å². The van der Waals surface area contributed by atoms with Crippen molar-refractivity contribution < 1.29 is 0 Å². The van der Waals surface area contributed by atoms with Crippen LogP contribution in [0, 0.1) is 6.92 Å². The second-order valence-electron chi connectivity index (χ2n) is 9.25. The van der Waals surface area contributed by atoms with Gasteiger partial charge in [-0.05, 0) is 72.6 Å². The van der Waals surface area contributed by atoms with Gasteiger partial charge in [-0.1, -0.05) is 72.3 Å². The first-order valence-electron chi connectivity index (χ1n) is 12.3. The lowest BCUT2D eigenvalue weighted by Crippen LogP contribution is -1.98. The van der Waals surface area contributed by atoms with Crippen molar-refractivity contribution in [1.82, 2.24) is 14.5 Å². The summed E-state index contributed by atoms with van der Waals surface area (Å²) in [5.74, 6) is 0.920. The lowest BCUT2D eigenvalue weighted by molar-refractivity contribution is 1.10. The summed E-state index contributed by atoms with van der Waals surface area (Å²) in [6.45, 7) is 2.12. The molecule has 0 aliphatic heterocycles. The summed E-state index contributed by atoms with van der Waals surface area (Å²) in [6.07, 6.45) is 0. The van der Waals surface area contributed by atoms with Crippen LogP contribution in [0.1, 0.15) is 5.56 Å². The fraction of sp³-hybridized carbons (Fsp3) is 0.0303. The van der Waals surface area contributed by atoms with Crippen LogP contribution in [0.4, 0.5) is 0 Å². The zero-order chi connectivity index (χ0) is 24.8. The summed E-state index contributed by atoms with van der Waals surface area (Å²) in [4.78, 5) is 10.1. The van der Waals surface area contributed by atoms with E-state index in [2.05, 4.69) is 115 Å². The van der Waals surface area contributed by atoms with Gasteiger partial charge < -0.3 is 0 Å². The van der Waals surface area contributed by atoms with Gasteiger partial charge in [0, 0.05) is 16.8 Å². The van der Waals surface area contributed by atoms with Crippen molar-refractivity contribution in [2.75, 3.05) is 0 Å². The zero-order valence-electron chi connectivity index (χ0n) is 20.3. The van der Waals surface area contributed by atoms with E-state index in [0.717, 1.165) is 49.8 Å². The maximum Gasteiger partial charge on any atom is 0.145 e. The maximum atomic E-state index is 5.13. The Morgan fingerprint density at radius 1 is 0.568 bits per heavy atom. The van der Waals surface area contributed by atoms with E-state index in [0.29, 0.717) is 0 Å². The van der Waals surface area contributed by atoms with Crippen molar-refractivity contribution in [3.8, 4) is 38.8 Å². The van der Waals surface area contributed by atoms with E-state index in [9.17, 15) is 0 Å². The Morgan fingerprint density at radius 3 is 2.05 bits per heavy atom. The Morgan fingerprint density at radius 2 is 1.24 bits per heavy atom. The minimum Gasteiger partial charge on any atom is -0.292 e. The molecule has 0 N–H and O–H groups in total. The Bertz CT molecular complexity index is 1850. The third kappa shape index (κ3) is 3.92. The quantitative estimate of drug-likeness (QED) is 0.245. The predicted octanol–water partition coefficient (Wildman–Crippen LogP) is 8.94. The Kier molecular flexibility index (Phi) is 5.19. The fourth-order valence-electron chi connectivity index (χ4n) is 4.85.